The van der Waals surface area contributed by atoms with Gasteiger partial charge in [-0.2, -0.15) is 0 Å². The van der Waals surface area contributed by atoms with E-state index in [0.717, 1.165) is 11.3 Å². The first-order valence-corrected chi connectivity index (χ1v) is 6.11. The molecule has 0 unspecified atom stereocenters. The molecule has 0 saturated heterocycles. The van der Waals surface area contributed by atoms with Gasteiger partial charge in [0.1, 0.15) is 0 Å². The number of anilines is 1. The second-order valence-electron chi connectivity index (χ2n) is 4.48. The van der Waals surface area contributed by atoms with E-state index in [2.05, 4.69) is 10.3 Å². The highest BCUT2D eigenvalue weighted by Gasteiger charge is 2.04. The lowest BCUT2D eigenvalue weighted by Crippen LogP contribution is -2.22. The van der Waals surface area contributed by atoms with Crippen LogP contribution in [0.5, 0.6) is 0 Å². The molecule has 0 aliphatic heterocycles. The van der Waals surface area contributed by atoms with E-state index in [0.29, 0.717) is 12.1 Å². The molecule has 0 saturated carbocycles. The van der Waals surface area contributed by atoms with E-state index in [1.54, 1.807) is 24.5 Å². The number of amides is 1. The predicted molar refractivity (Wildman–Crippen MR) is 76.2 cm³/mol. The second-order valence-corrected chi connectivity index (χ2v) is 4.48. The number of hydrogen-bond acceptors (Lipinski definition) is 3. The molecule has 1 aromatic heterocycles. The van der Waals surface area contributed by atoms with Crippen LogP contribution in [0.25, 0.3) is 0 Å². The number of hydrogen-bond donors (Lipinski definition) is 1. The van der Waals surface area contributed by atoms with Crippen molar-refractivity contribution in [3.05, 3.63) is 59.9 Å². The summed E-state index contributed by atoms with van der Waals surface area (Å²) in [6, 6.07) is 11.5. The summed E-state index contributed by atoms with van der Waals surface area (Å²) in [6.45, 7) is 0.523. The fourth-order valence-electron chi connectivity index (χ4n) is 1.70. The van der Waals surface area contributed by atoms with Gasteiger partial charge in [-0.15, -0.1) is 0 Å². The molecule has 0 aliphatic rings. The SMILES string of the molecule is CN(C)c1ccc(CNC(=O)c2ccncc2)cc1. The first-order valence-electron chi connectivity index (χ1n) is 6.11. The Morgan fingerprint density at radius 3 is 2.32 bits per heavy atom. The second kappa shape index (κ2) is 6.00. The molecule has 19 heavy (non-hydrogen) atoms. The number of nitrogens with one attached hydrogen (secondary N) is 1. The van der Waals surface area contributed by atoms with Crippen LogP contribution in [0.2, 0.25) is 0 Å². The highest BCUT2D eigenvalue weighted by molar-refractivity contribution is 5.93. The van der Waals surface area contributed by atoms with Crippen molar-refractivity contribution in [2.45, 2.75) is 6.54 Å². The fraction of sp³-hybridized carbons (Fsp3) is 0.200. The molecule has 1 amide bonds. The zero-order chi connectivity index (χ0) is 13.7. The first kappa shape index (κ1) is 13.1. The summed E-state index contributed by atoms with van der Waals surface area (Å²) in [5.74, 6) is -0.0842. The van der Waals surface area contributed by atoms with Crippen LogP contribution in [0, 0.1) is 0 Å². The van der Waals surface area contributed by atoms with Gasteiger partial charge in [-0.1, -0.05) is 12.1 Å². The van der Waals surface area contributed by atoms with E-state index < -0.39 is 0 Å². The molecule has 2 rings (SSSR count). The van der Waals surface area contributed by atoms with Crippen LogP contribution >= 0.6 is 0 Å². The molecule has 4 heteroatoms. The van der Waals surface area contributed by atoms with Crippen LogP contribution in [0.15, 0.2) is 48.8 Å². The maximum absolute atomic E-state index is 11.8. The topological polar surface area (TPSA) is 45.2 Å². The van der Waals surface area contributed by atoms with E-state index >= 15 is 0 Å². The molecular weight excluding hydrogens is 238 g/mol. The minimum atomic E-state index is -0.0842. The highest BCUT2D eigenvalue weighted by atomic mass is 16.1. The summed E-state index contributed by atoms with van der Waals surface area (Å²) in [5, 5.41) is 2.88. The molecule has 1 aromatic carbocycles. The number of nitrogens with zero attached hydrogens (tertiary/aromatic N) is 2. The van der Waals surface area contributed by atoms with Crippen molar-refractivity contribution in [1.29, 1.82) is 0 Å². The molecule has 1 N–H and O–H groups in total. The van der Waals surface area contributed by atoms with Crippen molar-refractivity contribution in [1.82, 2.24) is 10.3 Å². The van der Waals surface area contributed by atoms with Gasteiger partial charge in [-0.05, 0) is 29.8 Å². The lowest BCUT2D eigenvalue weighted by Gasteiger charge is -2.12. The average Bonchev–Trinajstić information content (AvgIpc) is 2.46. The van der Waals surface area contributed by atoms with Gasteiger partial charge < -0.3 is 10.2 Å². The third-order valence-electron chi connectivity index (χ3n) is 2.85. The fourth-order valence-corrected chi connectivity index (χ4v) is 1.70. The zero-order valence-corrected chi connectivity index (χ0v) is 11.1. The molecule has 0 bridgehead atoms. The molecule has 0 radical (unpaired) electrons. The summed E-state index contributed by atoms with van der Waals surface area (Å²) in [6.07, 6.45) is 3.22. The average molecular weight is 255 g/mol. The maximum atomic E-state index is 11.8. The van der Waals surface area contributed by atoms with Crippen molar-refractivity contribution in [2.75, 3.05) is 19.0 Å². The van der Waals surface area contributed by atoms with Crippen molar-refractivity contribution < 1.29 is 4.79 Å². The van der Waals surface area contributed by atoms with Gasteiger partial charge in [0.05, 0.1) is 0 Å². The van der Waals surface area contributed by atoms with Crippen LogP contribution in [0.1, 0.15) is 15.9 Å². The molecule has 0 aliphatic carbocycles. The predicted octanol–water partition coefficient (Wildman–Crippen LogP) is 2.08. The Hall–Kier alpha value is -2.36. The van der Waals surface area contributed by atoms with E-state index in [4.69, 9.17) is 0 Å². The summed E-state index contributed by atoms with van der Waals surface area (Å²) in [7, 11) is 4.00. The van der Waals surface area contributed by atoms with Gasteiger partial charge in [-0.25, -0.2) is 0 Å². The summed E-state index contributed by atoms with van der Waals surface area (Å²) in [4.78, 5) is 17.8. The number of benzene rings is 1. The van der Waals surface area contributed by atoms with Gasteiger partial charge >= 0.3 is 0 Å². The van der Waals surface area contributed by atoms with E-state index in [1.165, 1.54) is 0 Å². The highest BCUT2D eigenvalue weighted by Crippen LogP contribution is 2.12. The number of rotatable bonds is 4. The Balaban J connectivity index is 1.94. The zero-order valence-electron chi connectivity index (χ0n) is 11.1. The third kappa shape index (κ3) is 3.55. The van der Waals surface area contributed by atoms with Crippen LogP contribution in [0.3, 0.4) is 0 Å². The van der Waals surface area contributed by atoms with E-state index in [1.807, 2.05) is 43.3 Å². The first-order chi connectivity index (χ1) is 9.16. The molecule has 4 nitrogen and oxygen atoms in total. The molecule has 2 aromatic rings. The van der Waals surface area contributed by atoms with Gasteiger partial charge in [0, 0.05) is 44.3 Å². The van der Waals surface area contributed by atoms with Crippen LogP contribution < -0.4 is 10.2 Å². The quantitative estimate of drug-likeness (QED) is 0.909. The van der Waals surface area contributed by atoms with Crippen LogP contribution in [-0.4, -0.2) is 25.0 Å². The molecule has 0 spiro atoms. The van der Waals surface area contributed by atoms with Crippen LogP contribution in [0.4, 0.5) is 5.69 Å². The van der Waals surface area contributed by atoms with Crippen molar-refractivity contribution in [3.8, 4) is 0 Å². The lowest BCUT2D eigenvalue weighted by atomic mass is 10.2. The smallest absolute Gasteiger partial charge is 0.251 e. The summed E-state index contributed by atoms with van der Waals surface area (Å²) >= 11 is 0. The van der Waals surface area contributed by atoms with Gasteiger partial charge in [0.2, 0.25) is 0 Å². The summed E-state index contributed by atoms with van der Waals surface area (Å²) in [5.41, 5.74) is 2.84. The number of carbonyl (C=O) groups is 1. The molecule has 0 atom stereocenters. The lowest BCUT2D eigenvalue weighted by molar-refractivity contribution is 0.0951. The van der Waals surface area contributed by atoms with Gasteiger partial charge in [0.15, 0.2) is 0 Å². The molecule has 0 fully saturated rings. The number of carbonyl (C=O) groups excluding carboxylic acids is 1. The van der Waals surface area contributed by atoms with Crippen LogP contribution in [-0.2, 0) is 6.54 Å². The van der Waals surface area contributed by atoms with Crippen molar-refractivity contribution in [3.63, 3.8) is 0 Å². The van der Waals surface area contributed by atoms with Crippen molar-refractivity contribution in [2.24, 2.45) is 0 Å². The Morgan fingerprint density at radius 2 is 1.74 bits per heavy atom. The minimum absolute atomic E-state index is 0.0842. The Labute approximate surface area is 113 Å². The van der Waals surface area contributed by atoms with E-state index in [9.17, 15) is 4.79 Å². The standard InChI is InChI=1S/C15H17N3O/c1-18(2)14-5-3-12(4-6-14)11-17-15(19)13-7-9-16-10-8-13/h3-10H,11H2,1-2H3,(H,17,19). The van der Waals surface area contributed by atoms with Gasteiger partial charge in [0.25, 0.3) is 5.91 Å². The van der Waals surface area contributed by atoms with Gasteiger partial charge in [-0.3, -0.25) is 9.78 Å². The Morgan fingerprint density at radius 1 is 1.11 bits per heavy atom. The molecule has 98 valence electrons. The molecule has 1 heterocycles. The Bertz CT molecular complexity index is 535. The normalized spacial score (nSPS) is 10.0. The number of pyridine rings is 1. The summed E-state index contributed by atoms with van der Waals surface area (Å²) < 4.78 is 0. The monoisotopic (exact) mass is 255 g/mol. The Kier molecular flexibility index (Phi) is 4.13. The number of aromatic nitrogens is 1. The molecular formula is C15H17N3O. The largest absolute Gasteiger partial charge is 0.378 e. The maximum Gasteiger partial charge on any atom is 0.251 e. The van der Waals surface area contributed by atoms with E-state index in [-0.39, 0.29) is 5.91 Å². The van der Waals surface area contributed by atoms with Crippen molar-refractivity contribution >= 4 is 11.6 Å². The minimum Gasteiger partial charge on any atom is -0.378 e. The third-order valence-corrected chi connectivity index (χ3v) is 2.85.